The molecule has 0 radical (unpaired) electrons. The Kier molecular flexibility index (Phi) is 7.06. The van der Waals surface area contributed by atoms with Crippen LogP contribution in [0.2, 0.25) is 0 Å². The standard InChI is InChI=1S/C21H26N2O4S/c1-15-8-12-28-20(15)19(16-5-3-7-18(13-16)26-2)22-27-11-10-23-9-4-6-17(14-23)21(24)25/h3,5,7-8,12-13,17H,4,6,9-11,14H2,1-2H3,(H,24,25). The molecule has 6 nitrogen and oxygen atoms in total. The highest BCUT2D eigenvalue weighted by molar-refractivity contribution is 7.12. The summed E-state index contributed by atoms with van der Waals surface area (Å²) in [4.78, 5) is 20.1. The number of likely N-dealkylation sites (tertiary alicyclic amines) is 1. The van der Waals surface area contributed by atoms with E-state index >= 15 is 0 Å². The molecule has 1 unspecified atom stereocenters. The summed E-state index contributed by atoms with van der Waals surface area (Å²) in [5.41, 5.74) is 2.87. The molecule has 3 rings (SSSR count). The Balaban J connectivity index is 1.68. The molecule has 1 atom stereocenters. The number of carboxylic acid groups (broad SMARTS) is 1. The van der Waals surface area contributed by atoms with Crippen LogP contribution in [0.5, 0.6) is 5.75 Å². The van der Waals surface area contributed by atoms with Crippen molar-refractivity contribution in [1.82, 2.24) is 4.90 Å². The molecule has 7 heteroatoms. The van der Waals surface area contributed by atoms with Crippen LogP contribution < -0.4 is 4.74 Å². The number of thiophene rings is 1. The molecular formula is C21H26N2O4S. The molecule has 1 aliphatic rings. The van der Waals surface area contributed by atoms with Crippen LogP contribution in [0.4, 0.5) is 0 Å². The van der Waals surface area contributed by atoms with E-state index in [0.717, 1.165) is 46.9 Å². The first-order valence-electron chi connectivity index (χ1n) is 9.42. The minimum atomic E-state index is -0.711. The highest BCUT2D eigenvalue weighted by Gasteiger charge is 2.25. The molecular weight excluding hydrogens is 376 g/mol. The molecule has 150 valence electrons. The van der Waals surface area contributed by atoms with E-state index in [4.69, 9.17) is 9.57 Å². The van der Waals surface area contributed by atoms with Crippen LogP contribution in [0.3, 0.4) is 0 Å². The van der Waals surface area contributed by atoms with Gasteiger partial charge in [0.2, 0.25) is 0 Å². The summed E-state index contributed by atoms with van der Waals surface area (Å²) >= 11 is 1.63. The van der Waals surface area contributed by atoms with Crippen molar-refractivity contribution in [1.29, 1.82) is 0 Å². The molecule has 1 N–H and O–H groups in total. The summed E-state index contributed by atoms with van der Waals surface area (Å²) in [5, 5.41) is 15.7. The van der Waals surface area contributed by atoms with Crippen LogP contribution in [0.1, 0.15) is 28.8 Å². The molecule has 0 saturated carbocycles. The zero-order valence-electron chi connectivity index (χ0n) is 16.3. The van der Waals surface area contributed by atoms with E-state index < -0.39 is 5.97 Å². The van der Waals surface area contributed by atoms with Gasteiger partial charge in [0.25, 0.3) is 0 Å². The molecule has 1 aromatic carbocycles. The number of methoxy groups -OCH3 is 1. The van der Waals surface area contributed by atoms with Crippen molar-refractivity contribution in [3.05, 3.63) is 51.7 Å². The van der Waals surface area contributed by atoms with Gasteiger partial charge in [-0.05, 0) is 55.5 Å². The number of hydrogen-bond donors (Lipinski definition) is 1. The lowest BCUT2D eigenvalue weighted by Gasteiger charge is -2.29. The number of ether oxygens (including phenoxy) is 1. The number of piperidine rings is 1. The van der Waals surface area contributed by atoms with Gasteiger partial charge in [-0.25, -0.2) is 0 Å². The number of oxime groups is 1. The van der Waals surface area contributed by atoms with Crippen molar-refractivity contribution < 1.29 is 19.5 Å². The number of carbonyl (C=O) groups is 1. The largest absolute Gasteiger partial charge is 0.497 e. The second-order valence-electron chi connectivity index (χ2n) is 6.92. The Hall–Kier alpha value is -2.38. The first-order valence-corrected chi connectivity index (χ1v) is 10.3. The van der Waals surface area contributed by atoms with E-state index in [1.54, 1.807) is 18.4 Å². The average Bonchev–Trinajstić information content (AvgIpc) is 3.14. The molecule has 1 aromatic heterocycles. The van der Waals surface area contributed by atoms with E-state index in [1.165, 1.54) is 0 Å². The topological polar surface area (TPSA) is 71.4 Å². The van der Waals surface area contributed by atoms with Gasteiger partial charge in [0.1, 0.15) is 18.1 Å². The van der Waals surface area contributed by atoms with Crippen LogP contribution in [0.15, 0.2) is 40.9 Å². The fourth-order valence-corrected chi connectivity index (χ4v) is 4.28. The highest BCUT2D eigenvalue weighted by Crippen LogP contribution is 2.23. The van der Waals surface area contributed by atoms with Crippen molar-refractivity contribution in [3.63, 3.8) is 0 Å². The van der Waals surface area contributed by atoms with Crippen LogP contribution >= 0.6 is 11.3 Å². The Morgan fingerprint density at radius 3 is 2.96 bits per heavy atom. The number of nitrogens with zero attached hydrogens (tertiary/aromatic N) is 2. The number of rotatable bonds is 8. The fraction of sp³-hybridized carbons (Fsp3) is 0.429. The minimum absolute atomic E-state index is 0.279. The third-order valence-electron chi connectivity index (χ3n) is 4.93. The van der Waals surface area contributed by atoms with Crippen molar-refractivity contribution in [2.75, 3.05) is 33.4 Å². The van der Waals surface area contributed by atoms with Gasteiger partial charge >= 0.3 is 5.97 Å². The normalized spacial score (nSPS) is 18.1. The predicted molar refractivity (Wildman–Crippen MR) is 110 cm³/mol. The lowest BCUT2D eigenvalue weighted by Crippen LogP contribution is -2.40. The lowest BCUT2D eigenvalue weighted by molar-refractivity contribution is -0.143. The minimum Gasteiger partial charge on any atom is -0.497 e. The summed E-state index contributed by atoms with van der Waals surface area (Å²) in [6, 6.07) is 9.84. The molecule has 1 fully saturated rings. The number of aliphatic carboxylic acids is 1. The summed E-state index contributed by atoms with van der Waals surface area (Å²) in [6.45, 7) is 4.63. The van der Waals surface area contributed by atoms with Gasteiger partial charge in [0, 0.05) is 18.7 Å². The lowest BCUT2D eigenvalue weighted by atomic mass is 9.98. The van der Waals surface area contributed by atoms with Crippen LogP contribution in [-0.4, -0.2) is 55.0 Å². The third-order valence-corrected chi connectivity index (χ3v) is 5.95. The second-order valence-corrected chi connectivity index (χ2v) is 7.83. The monoisotopic (exact) mass is 402 g/mol. The number of hydrogen-bond acceptors (Lipinski definition) is 6. The summed E-state index contributed by atoms with van der Waals surface area (Å²) < 4.78 is 5.34. The Bertz CT molecular complexity index is 833. The molecule has 0 amide bonds. The van der Waals surface area contributed by atoms with Gasteiger partial charge in [-0.3, -0.25) is 9.69 Å². The number of benzene rings is 1. The molecule has 0 aliphatic carbocycles. The molecule has 2 aromatic rings. The molecule has 0 bridgehead atoms. The molecule has 0 spiro atoms. The van der Waals surface area contributed by atoms with E-state index in [1.807, 2.05) is 29.6 Å². The van der Waals surface area contributed by atoms with Gasteiger partial charge in [-0.15, -0.1) is 11.3 Å². The smallest absolute Gasteiger partial charge is 0.307 e. The Morgan fingerprint density at radius 1 is 1.39 bits per heavy atom. The Morgan fingerprint density at radius 2 is 2.25 bits per heavy atom. The maximum absolute atomic E-state index is 11.2. The molecule has 28 heavy (non-hydrogen) atoms. The first kappa shape index (κ1) is 20.4. The van der Waals surface area contributed by atoms with E-state index in [0.29, 0.717) is 19.7 Å². The predicted octanol–water partition coefficient (Wildman–Crippen LogP) is 3.63. The molecule has 1 aliphatic heterocycles. The zero-order chi connectivity index (χ0) is 19.9. The van der Waals surface area contributed by atoms with E-state index in [-0.39, 0.29) is 5.92 Å². The maximum Gasteiger partial charge on any atom is 0.307 e. The number of aryl methyl sites for hydroxylation is 1. The second kappa shape index (κ2) is 9.71. The van der Waals surface area contributed by atoms with Crippen molar-refractivity contribution >= 4 is 23.0 Å². The quantitative estimate of drug-likeness (QED) is 0.415. The summed E-state index contributed by atoms with van der Waals surface area (Å²) in [5.74, 6) is -0.220. The molecule has 1 saturated heterocycles. The van der Waals surface area contributed by atoms with Crippen LogP contribution in [0, 0.1) is 12.8 Å². The van der Waals surface area contributed by atoms with E-state index in [9.17, 15) is 9.90 Å². The number of carboxylic acids is 1. The van der Waals surface area contributed by atoms with Gasteiger partial charge in [0.05, 0.1) is 17.9 Å². The van der Waals surface area contributed by atoms with Crippen LogP contribution in [-0.2, 0) is 9.63 Å². The maximum atomic E-state index is 11.2. The zero-order valence-corrected chi connectivity index (χ0v) is 17.1. The summed E-state index contributed by atoms with van der Waals surface area (Å²) in [6.07, 6.45) is 1.66. The van der Waals surface area contributed by atoms with Crippen molar-refractivity contribution in [3.8, 4) is 5.75 Å². The molecule has 2 heterocycles. The first-order chi connectivity index (χ1) is 13.6. The summed E-state index contributed by atoms with van der Waals surface area (Å²) in [7, 11) is 1.64. The van der Waals surface area contributed by atoms with Gasteiger partial charge in [-0.1, -0.05) is 17.3 Å². The third kappa shape index (κ3) is 5.11. The highest BCUT2D eigenvalue weighted by atomic mass is 32.1. The van der Waals surface area contributed by atoms with Crippen molar-refractivity contribution in [2.45, 2.75) is 19.8 Å². The SMILES string of the molecule is COc1cccc(C(=NOCCN2CCCC(C(=O)O)C2)c2sccc2C)c1. The fourth-order valence-electron chi connectivity index (χ4n) is 3.35. The van der Waals surface area contributed by atoms with Gasteiger partial charge in [0.15, 0.2) is 0 Å². The Labute approximate surface area is 169 Å². The van der Waals surface area contributed by atoms with Gasteiger partial charge in [-0.2, -0.15) is 0 Å². The van der Waals surface area contributed by atoms with Crippen molar-refractivity contribution in [2.24, 2.45) is 11.1 Å². The van der Waals surface area contributed by atoms with Gasteiger partial charge < -0.3 is 14.7 Å². The van der Waals surface area contributed by atoms with E-state index in [2.05, 4.69) is 23.0 Å². The van der Waals surface area contributed by atoms with Crippen LogP contribution in [0.25, 0.3) is 0 Å². The average molecular weight is 403 g/mol.